The second-order valence-corrected chi connectivity index (χ2v) is 5.95. The Bertz CT molecular complexity index is 784. The van der Waals surface area contributed by atoms with E-state index in [0.29, 0.717) is 29.6 Å². The summed E-state index contributed by atoms with van der Waals surface area (Å²) in [5, 5.41) is 6.51. The van der Waals surface area contributed by atoms with Gasteiger partial charge >= 0.3 is 0 Å². The van der Waals surface area contributed by atoms with Gasteiger partial charge in [0.2, 0.25) is 0 Å². The molecule has 0 heterocycles. The Balaban J connectivity index is 0.00000364. The van der Waals surface area contributed by atoms with Crippen molar-refractivity contribution in [3.63, 3.8) is 0 Å². The number of para-hydroxylation sites is 1. The number of ether oxygens (including phenoxy) is 2. The van der Waals surface area contributed by atoms with Crippen LogP contribution in [0, 0.1) is 12.7 Å². The van der Waals surface area contributed by atoms with Gasteiger partial charge in [-0.25, -0.2) is 4.39 Å². The maximum atomic E-state index is 13.8. The summed E-state index contributed by atoms with van der Waals surface area (Å²) in [6.45, 7) is 4.22. The Morgan fingerprint density at radius 2 is 1.93 bits per heavy atom. The minimum absolute atomic E-state index is 0. The monoisotopic (exact) mass is 487 g/mol. The average molecular weight is 487 g/mol. The van der Waals surface area contributed by atoms with Crippen LogP contribution in [0.4, 0.5) is 4.39 Å². The lowest BCUT2D eigenvalue weighted by atomic mass is 10.1. The minimum Gasteiger partial charge on any atom is -0.493 e. The standard InChI is InChI=1S/C20H26FN3O2.HI/c1-13-9-10-15(11-17(13)21)14(2)24-20(22-3)23-12-16-7-6-8-18(25-4)19(16)26-5;/h6-11,14H,12H2,1-5H3,(H2,22,23,24);1H. The number of nitrogens with zero attached hydrogens (tertiary/aromatic N) is 1. The highest BCUT2D eigenvalue weighted by atomic mass is 127. The van der Waals surface area contributed by atoms with Crippen LogP contribution in [0.2, 0.25) is 0 Å². The molecular weight excluding hydrogens is 460 g/mol. The summed E-state index contributed by atoms with van der Waals surface area (Å²) in [6.07, 6.45) is 0. The van der Waals surface area contributed by atoms with Gasteiger partial charge in [-0.1, -0.05) is 24.3 Å². The molecule has 27 heavy (non-hydrogen) atoms. The number of methoxy groups -OCH3 is 2. The van der Waals surface area contributed by atoms with Gasteiger partial charge in [0.25, 0.3) is 0 Å². The van der Waals surface area contributed by atoms with Crippen molar-refractivity contribution < 1.29 is 13.9 Å². The van der Waals surface area contributed by atoms with Crippen molar-refractivity contribution in [2.45, 2.75) is 26.4 Å². The number of halogens is 2. The smallest absolute Gasteiger partial charge is 0.191 e. The first kappa shape index (κ1) is 23.0. The second-order valence-electron chi connectivity index (χ2n) is 5.95. The van der Waals surface area contributed by atoms with Crippen molar-refractivity contribution in [1.29, 1.82) is 0 Å². The summed E-state index contributed by atoms with van der Waals surface area (Å²) < 4.78 is 24.5. The fraction of sp³-hybridized carbons (Fsp3) is 0.350. The van der Waals surface area contributed by atoms with Gasteiger partial charge in [0.05, 0.1) is 20.3 Å². The minimum atomic E-state index is -0.208. The molecular formula is C20H27FIN3O2. The van der Waals surface area contributed by atoms with Crippen LogP contribution in [-0.4, -0.2) is 27.2 Å². The number of aryl methyl sites for hydroxylation is 1. The van der Waals surface area contributed by atoms with E-state index in [-0.39, 0.29) is 35.8 Å². The summed E-state index contributed by atoms with van der Waals surface area (Å²) in [5.41, 5.74) is 2.44. The SMILES string of the molecule is CN=C(NCc1cccc(OC)c1OC)NC(C)c1ccc(C)c(F)c1.I. The van der Waals surface area contributed by atoms with E-state index in [0.717, 1.165) is 11.1 Å². The molecule has 148 valence electrons. The Morgan fingerprint density at radius 3 is 2.52 bits per heavy atom. The third-order valence-corrected chi connectivity index (χ3v) is 4.20. The molecule has 2 rings (SSSR count). The Kier molecular flexibility index (Phi) is 9.34. The molecule has 0 aliphatic rings. The molecule has 0 saturated carbocycles. The van der Waals surface area contributed by atoms with Gasteiger partial charge in [0.1, 0.15) is 5.82 Å². The molecule has 0 aliphatic carbocycles. The Labute approximate surface area is 177 Å². The lowest BCUT2D eigenvalue weighted by Crippen LogP contribution is -2.38. The van der Waals surface area contributed by atoms with E-state index >= 15 is 0 Å². The van der Waals surface area contributed by atoms with Crippen LogP contribution in [-0.2, 0) is 6.54 Å². The predicted molar refractivity (Wildman–Crippen MR) is 118 cm³/mol. The zero-order valence-corrected chi connectivity index (χ0v) is 18.6. The van der Waals surface area contributed by atoms with Gasteiger partial charge in [0, 0.05) is 19.2 Å². The summed E-state index contributed by atoms with van der Waals surface area (Å²) >= 11 is 0. The van der Waals surface area contributed by atoms with Crippen LogP contribution in [0.5, 0.6) is 11.5 Å². The van der Waals surface area contributed by atoms with Gasteiger partial charge < -0.3 is 20.1 Å². The first-order valence-corrected chi connectivity index (χ1v) is 8.43. The highest BCUT2D eigenvalue weighted by Crippen LogP contribution is 2.30. The maximum Gasteiger partial charge on any atom is 0.191 e. The van der Waals surface area contributed by atoms with Gasteiger partial charge in [-0.15, -0.1) is 24.0 Å². The Hall–Kier alpha value is -2.03. The molecule has 0 fully saturated rings. The number of benzene rings is 2. The van der Waals surface area contributed by atoms with E-state index in [2.05, 4.69) is 15.6 Å². The van der Waals surface area contributed by atoms with E-state index in [1.165, 1.54) is 0 Å². The second kappa shape index (κ2) is 11.0. The lowest BCUT2D eigenvalue weighted by Gasteiger charge is -2.19. The number of hydrogen-bond donors (Lipinski definition) is 2. The molecule has 0 aliphatic heterocycles. The van der Waals surface area contributed by atoms with Crippen molar-refractivity contribution in [2.75, 3.05) is 21.3 Å². The molecule has 2 N–H and O–H groups in total. The van der Waals surface area contributed by atoms with Gasteiger partial charge in [0.15, 0.2) is 17.5 Å². The maximum absolute atomic E-state index is 13.8. The molecule has 0 spiro atoms. The van der Waals surface area contributed by atoms with E-state index in [4.69, 9.17) is 9.47 Å². The predicted octanol–water partition coefficient (Wildman–Crippen LogP) is 4.20. The van der Waals surface area contributed by atoms with Gasteiger partial charge in [-0.3, -0.25) is 4.99 Å². The molecule has 7 heteroatoms. The highest BCUT2D eigenvalue weighted by molar-refractivity contribution is 14.0. The largest absolute Gasteiger partial charge is 0.493 e. The van der Waals surface area contributed by atoms with Crippen molar-refractivity contribution in [3.05, 3.63) is 58.9 Å². The molecule has 0 saturated heterocycles. The molecule has 2 aromatic carbocycles. The van der Waals surface area contributed by atoms with E-state index < -0.39 is 0 Å². The molecule has 0 amide bonds. The molecule has 1 atom stereocenters. The van der Waals surface area contributed by atoms with Crippen molar-refractivity contribution in [1.82, 2.24) is 10.6 Å². The lowest BCUT2D eigenvalue weighted by molar-refractivity contribution is 0.351. The third kappa shape index (κ3) is 5.98. The fourth-order valence-electron chi connectivity index (χ4n) is 2.63. The average Bonchev–Trinajstić information content (AvgIpc) is 2.66. The zero-order valence-electron chi connectivity index (χ0n) is 16.3. The van der Waals surface area contributed by atoms with Crippen LogP contribution in [0.1, 0.15) is 29.7 Å². The molecule has 2 aromatic rings. The number of nitrogens with one attached hydrogen (secondary N) is 2. The molecule has 0 aromatic heterocycles. The van der Waals surface area contributed by atoms with Crippen molar-refractivity contribution >= 4 is 29.9 Å². The molecule has 1 unspecified atom stereocenters. The summed E-state index contributed by atoms with van der Waals surface area (Å²) in [7, 11) is 4.92. The number of rotatable bonds is 6. The van der Waals surface area contributed by atoms with Crippen molar-refractivity contribution in [2.24, 2.45) is 4.99 Å². The topological polar surface area (TPSA) is 54.9 Å². The number of hydrogen-bond acceptors (Lipinski definition) is 3. The third-order valence-electron chi connectivity index (χ3n) is 4.20. The van der Waals surface area contributed by atoms with Gasteiger partial charge in [-0.2, -0.15) is 0 Å². The summed E-state index contributed by atoms with van der Waals surface area (Å²) in [5.74, 6) is 1.77. The normalized spacial score (nSPS) is 12.0. The first-order valence-electron chi connectivity index (χ1n) is 8.43. The van der Waals surface area contributed by atoms with E-state index in [1.54, 1.807) is 40.3 Å². The fourth-order valence-corrected chi connectivity index (χ4v) is 2.63. The van der Waals surface area contributed by atoms with Crippen LogP contribution < -0.4 is 20.1 Å². The summed E-state index contributed by atoms with van der Waals surface area (Å²) in [4.78, 5) is 4.24. The molecule has 5 nitrogen and oxygen atoms in total. The summed E-state index contributed by atoms with van der Waals surface area (Å²) in [6, 6.07) is 10.9. The Morgan fingerprint density at radius 1 is 1.19 bits per heavy atom. The van der Waals surface area contributed by atoms with Crippen LogP contribution in [0.25, 0.3) is 0 Å². The van der Waals surface area contributed by atoms with Crippen LogP contribution in [0.15, 0.2) is 41.4 Å². The quantitative estimate of drug-likeness (QED) is 0.365. The van der Waals surface area contributed by atoms with E-state index in [9.17, 15) is 4.39 Å². The first-order chi connectivity index (χ1) is 12.5. The zero-order chi connectivity index (χ0) is 19.1. The highest BCUT2D eigenvalue weighted by Gasteiger charge is 2.12. The number of guanidine groups is 1. The van der Waals surface area contributed by atoms with Crippen LogP contribution in [0.3, 0.4) is 0 Å². The number of aliphatic imine (C=N–C) groups is 1. The molecule has 0 radical (unpaired) electrons. The van der Waals surface area contributed by atoms with Gasteiger partial charge in [-0.05, 0) is 37.1 Å². The van der Waals surface area contributed by atoms with Crippen LogP contribution >= 0.6 is 24.0 Å². The van der Waals surface area contributed by atoms with Crippen molar-refractivity contribution in [3.8, 4) is 11.5 Å². The molecule has 0 bridgehead atoms. The van der Waals surface area contributed by atoms with E-state index in [1.807, 2.05) is 31.2 Å².